The molecule has 5 heteroatoms. The molecule has 0 spiro atoms. The number of hydrogen-bond donors (Lipinski definition) is 0. The minimum atomic E-state index is -0.135. The van der Waals surface area contributed by atoms with E-state index in [1.165, 1.54) is 0 Å². The highest BCUT2D eigenvalue weighted by Gasteiger charge is 2.38. The quantitative estimate of drug-likeness (QED) is 0.837. The Morgan fingerprint density at radius 2 is 1.74 bits per heavy atom. The van der Waals surface area contributed by atoms with Crippen molar-refractivity contribution in [2.45, 2.75) is 52.4 Å². The first kappa shape index (κ1) is 14.8. The van der Waals surface area contributed by atoms with E-state index < -0.39 is 0 Å². The summed E-state index contributed by atoms with van der Waals surface area (Å²) in [6.07, 6.45) is 0. The molecule has 0 amide bonds. The minimum absolute atomic E-state index is 0.135. The highest BCUT2D eigenvalue weighted by molar-refractivity contribution is 6.30. The molecule has 1 fully saturated rings. The smallest absolute Gasteiger partial charge is 0.131 e. The van der Waals surface area contributed by atoms with E-state index in [0.717, 1.165) is 36.0 Å². The lowest BCUT2D eigenvalue weighted by Gasteiger charge is -2.47. The van der Waals surface area contributed by atoms with Gasteiger partial charge in [0.15, 0.2) is 0 Å². The van der Waals surface area contributed by atoms with Crippen LogP contribution in [-0.4, -0.2) is 39.0 Å². The third kappa shape index (κ3) is 3.30. The van der Waals surface area contributed by atoms with Gasteiger partial charge in [0.05, 0.1) is 16.9 Å². The number of ether oxygens (including phenoxy) is 1. The fourth-order valence-corrected chi connectivity index (χ4v) is 3.37. The Balaban J connectivity index is 2.19. The molecule has 1 aliphatic rings. The standard InChI is InChI=1S/C14H24ClN3O/c1-10-11(12(15)17(6)16-10)7-18-8-13(2,3)19-14(4,5)9-18/h7-9H2,1-6H3. The second-order valence-corrected chi connectivity index (χ2v) is 7.10. The molecule has 0 atom stereocenters. The van der Waals surface area contributed by atoms with Gasteiger partial charge in [0, 0.05) is 32.2 Å². The van der Waals surface area contributed by atoms with Crippen LogP contribution < -0.4 is 0 Å². The maximum absolute atomic E-state index is 6.32. The highest BCUT2D eigenvalue weighted by Crippen LogP contribution is 2.30. The summed E-state index contributed by atoms with van der Waals surface area (Å²) >= 11 is 6.32. The first-order chi connectivity index (χ1) is 8.60. The van der Waals surface area contributed by atoms with Gasteiger partial charge >= 0.3 is 0 Å². The van der Waals surface area contributed by atoms with Gasteiger partial charge in [-0.2, -0.15) is 5.10 Å². The molecule has 1 aromatic heterocycles. The summed E-state index contributed by atoms with van der Waals surface area (Å²) < 4.78 is 7.84. The summed E-state index contributed by atoms with van der Waals surface area (Å²) in [5.41, 5.74) is 1.86. The van der Waals surface area contributed by atoms with Crippen LogP contribution >= 0.6 is 11.6 Å². The Kier molecular flexibility index (Phi) is 3.71. The Labute approximate surface area is 120 Å². The van der Waals surface area contributed by atoms with Crippen molar-refractivity contribution >= 4 is 11.6 Å². The highest BCUT2D eigenvalue weighted by atomic mass is 35.5. The van der Waals surface area contributed by atoms with Crippen molar-refractivity contribution in [1.82, 2.24) is 14.7 Å². The van der Waals surface area contributed by atoms with E-state index in [9.17, 15) is 0 Å². The fraction of sp³-hybridized carbons (Fsp3) is 0.786. The number of hydrogen-bond acceptors (Lipinski definition) is 3. The molecule has 4 nitrogen and oxygen atoms in total. The van der Waals surface area contributed by atoms with Crippen molar-refractivity contribution < 1.29 is 4.74 Å². The second kappa shape index (κ2) is 4.76. The van der Waals surface area contributed by atoms with Crippen molar-refractivity contribution in [1.29, 1.82) is 0 Å². The van der Waals surface area contributed by atoms with E-state index in [2.05, 4.69) is 37.7 Å². The van der Waals surface area contributed by atoms with Gasteiger partial charge in [-0.1, -0.05) is 11.6 Å². The van der Waals surface area contributed by atoms with E-state index in [-0.39, 0.29) is 11.2 Å². The van der Waals surface area contributed by atoms with Crippen molar-refractivity contribution in [3.05, 3.63) is 16.4 Å². The molecule has 1 aliphatic heterocycles. The first-order valence-electron chi connectivity index (χ1n) is 6.70. The monoisotopic (exact) mass is 285 g/mol. The average Bonchev–Trinajstić information content (AvgIpc) is 2.40. The normalized spacial score (nSPS) is 22.7. The van der Waals surface area contributed by atoms with Gasteiger partial charge in [-0.05, 0) is 34.6 Å². The molecule has 108 valence electrons. The molecule has 0 aliphatic carbocycles. The summed E-state index contributed by atoms with van der Waals surface area (Å²) in [7, 11) is 1.88. The average molecular weight is 286 g/mol. The topological polar surface area (TPSA) is 30.3 Å². The van der Waals surface area contributed by atoms with E-state index in [1.807, 2.05) is 14.0 Å². The number of morpholine rings is 1. The van der Waals surface area contributed by atoms with Gasteiger partial charge in [-0.25, -0.2) is 0 Å². The van der Waals surface area contributed by atoms with Crippen molar-refractivity contribution in [3.8, 4) is 0 Å². The van der Waals surface area contributed by atoms with E-state index in [0.29, 0.717) is 0 Å². The SMILES string of the molecule is Cc1nn(C)c(Cl)c1CN1CC(C)(C)OC(C)(C)C1. The summed E-state index contributed by atoms with van der Waals surface area (Å²) in [5.74, 6) is 0. The largest absolute Gasteiger partial charge is 0.367 e. The van der Waals surface area contributed by atoms with Crippen LogP contribution in [0.15, 0.2) is 0 Å². The van der Waals surface area contributed by atoms with Crippen LogP contribution in [0.5, 0.6) is 0 Å². The van der Waals surface area contributed by atoms with Gasteiger partial charge in [0.2, 0.25) is 0 Å². The zero-order valence-electron chi connectivity index (χ0n) is 12.7. The Morgan fingerprint density at radius 3 is 2.16 bits per heavy atom. The van der Waals surface area contributed by atoms with Gasteiger partial charge in [0.25, 0.3) is 0 Å². The van der Waals surface area contributed by atoms with Gasteiger partial charge in [0.1, 0.15) is 5.15 Å². The van der Waals surface area contributed by atoms with Crippen molar-refractivity contribution in [3.63, 3.8) is 0 Å². The second-order valence-electron chi connectivity index (χ2n) is 6.74. The summed E-state index contributed by atoms with van der Waals surface area (Å²) in [6.45, 7) is 13.2. The molecule has 0 bridgehead atoms. The van der Waals surface area contributed by atoms with Gasteiger partial charge in [-0.3, -0.25) is 9.58 Å². The number of halogens is 1. The zero-order valence-corrected chi connectivity index (χ0v) is 13.5. The van der Waals surface area contributed by atoms with Gasteiger partial charge < -0.3 is 4.74 Å². The van der Waals surface area contributed by atoms with E-state index in [1.54, 1.807) is 4.68 Å². The van der Waals surface area contributed by atoms with Crippen LogP contribution in [0.3, 0.4) is 0 Å². The van der Waals surface area contributed by atoms with Crippen LogP contribution in [0.2, 0.25) is 5.15 Å². The Hall–Kier alpha value is -0.580. The molecule has 0 radical (unpaired) electrons. The molecule has 0 aromatic carbocycles. The maximum atomic E-state index is 6.32. The number of aromatic nitrogens is 2. The third-order valence-corrected chi connectivity index (χ3v) is 3.89. The molecular weight excluding hydrogens is 262 g/mol. The predicted octanol–water partition coefficient (Wildman–Crippen LogP) is 2.77. The van der Waals surface area contributed by atoms with Crippen LogP contribution in [0.1, 0.15) is 39.0 Å². The lowest BCUT2D eigenvalue weighted by molar-refractivity contribution is -0.182. The lowest BCUT2D eigenvalue weighted by atomic mass is 9.98. The molecule has 1 saturated heterocycles. The molecule has 19 heavy (non-hydrogen) atoms. The number of rotatable bonds is 2. The Bertz CT molecular complexity index is 463. The number of aryl methyl sites for hydroxylation is 2. The molecule has 2 heterocycles. The van der Waals surface area contributed by atoms with Crippen LogP contribution in [0, 0.1) is 6.92 Å². The summed E-state index contributed by atoms with van der Waals surface area (Å²) in [5, 5.41) is 5.11. The molecule has 0 N–H and O–H groups in total. The van der Waals surface area contributed by atoms with E-state index in [4.69, 9.17) is 16.3 Å². The van der Waals surface area contributed by atoms with Crippen molar-refractivity contribution in [2.24, 2.45) is 7.05 Å². The van der Waals surface area contributed by atoms with Crippen LogP contribution in [-0.2, 0) is 18.3 Å². The molecule has 1 aromatic rings. The van der Waals surface area contributed by atoms with E-state index >= 15 is 0 Å². The fourth-order valence-electron chi connectivity index (χ4n) is 3.13. The molecule has 0 saturated carbocycles. The third-order valence-electron chi connectivity index (χ3n) is 3.41. The molecule has 0 unspecified atom stereocenters. The summed E-state index contributed by atoms with van der Waals surface area (Å²) in [4.78, 5) is 2.40. The Morgan fingerprint density at radius 1 is 1.21 bits per heavy atom. The number of nitrogens with zero attached hydrogens (tertiary/aromatic N) is 3. The molecular formula is C14H24ClN3O. The van der Waals surface area contributed by atoms with Crippen LogP contribution in [0.4, 0.5) is 0 Å². The summed E-state index contributed by atoms with van der Waals surface area (Å²) in [6, 6.07) is 0. The maximum Gasteiger partial charge on any atom is 0.131 e. The predicted molar refractivity (Wildman–Crippen MR) is 77.5 cm³/mol. The van der Waals surface area contributed by atoms with Gasteiger partial charge in [-0.15, -0.1) is 0 Å². The van der Waals surface area contributed by atoms with Crippen molar-refractivity contribution in [2.75, 3.05) is 13.1 Å². The zero-order chi connectivity index (χ0) is 14.4. The first-order valence-corrected chi connectivity index (χ1v) is 7.08. The molecule has 2 rings (SSSR count). The minimum Gasteiger partial charge on any atom is -0.367 e. The lowest BCUT2D eigenvalue weighted by Crippen LogP contribution is -2.56. The van der Waals surface area contributed by atoms with Crippen LogP contribution in [0.25, 0.3) is 0 Å².